The second-order valence-corrected chi connectivity index (χ2v) is 3.77. The minimum absolute atomic E-state index is 0.172. The van der Waals surface area contributed by atoms with Gasteiger partial charge in [0.15, 0.2) is 0 Å². The van der Waals surface area contributed by atoms with E-state index in [0.717, 1.165) is 12.8 Å². The molecular weight excluding hydrogens is 158 g/mol. The van der Waals surface area contributed by atoms with Crippen LogP contribution in [0.15, 0.2) is 0 Å². The zero-order chi connectivity index (χ0) is 8.77. The highest BCUT2D eigenvalue weighted by molar-refractivity contribution is 5.65. The van der Waals surface area contributed by atoms with Crippen LogP contribution < -0.4 is 0 Å². The molecule has 0 saturated carbocycles. The Hall–Kier alpha value is -0.770. The Balaban J connectivity index is 2.04. The molecule has 0 aliphatic carbocycles. The molecule has 0 spiro atoms. The quantitative estimate of drug-likeness (QED) is 0.551. The van der Waals surface area contributed by atoms with Crippen molar-refractivity contribution in [1.82, 2.24) is 4.90 Å². The summed E-state index contributed by atoms with van der Waals surface area (Å²) in [5.41, 5.74) is -0.172. The normalized spacial score (nSPS) is 40.1. The summed E-state index contributed by atoms with van der Waals surface area (Å²) >= 11 is 0. The third kappa shape index (κ3) is 1.16. The lowest BCUT2D eigenvalue weighted by Crippen LogP contribution is -2.36. The van der Waals surface area contributed by atoms with E-state index in [1.54, 1.807) is 0 Å². The van der Waals surface area contributed by atoms with E-state index in [2.05, 4.69) is 0 Å². The van der Waals surface area contributed by atoms with Crippen molar-refractivity contribution in [3.05, 3.63) is 0 Å². The van der Waals surface area contributed by atoms with Gasteiger partial charge in [-0.05, 0) is 19.8 Å². The van der Waals surface area contributed by atoms with E-state index in [4.69, 9.17) is 9.84 Å². The second kappa shape index (κ2) is 2.36. The summed E-state index contributed by atoms with van der Waals surface area (Å²) in [5.74, 6) is 0. The number of carboxylic acid groups (broad SMARTS) is 1. The van der Waals surface area contributed by atoms with Crippen molar-refractivity contribution in [3.8, 4) is 0 Å². The van der Waals surface area contributed by atoms with Crippen LogP contribution >= 0.6 is 0 Å². The van der Waals surface area contributed by atoms with Gasteiger partial charge in [-0.25, -0.2) is 4.79 Å². The standard InChI is InChI=1S/C8H13NO3/c1-8-5-9(7(10)11)4-2-3-6(8)12-8/h6H,2-5H2,1H3,(H,10,11). The van der Waals surface area contributed by atoms with E-state index in [-0.39, 0.29) is 5.60 Å². The number of nitrogens with zero attached hydrogens (tertiary/aromatic N) is 1. The topological polar surface area (TPSA) is 53.1 Å². The van der Waals surface area contributed by atoms with Gasteiger partial charge in [-0.2, -0.15) is 0 Å². The number of carbonyl (C=O) groups is 1. The van der Waals surface area contributed by atoms with Crippen molar-refractivity contribution in [1.29, 1.82) is 0 Å². The number of fused-ring (bicyclic) bond motifs is 1. The molecule has 2 unspecified atom stereocenters. The summed E-state index contributed by atoms with van der Waals surface area (Å²) in [5, 5.41) is 8.78. The van der Waals surface area contributed by atoms with Gasteiger partial charge >= 0.3 is 6.09 Å². The number of amides is 1. The molecule has 2 heterocycles. The SMILES string of the molecule is CC12CN(C(=O)O)CCCC1O2. The van der Waals surface area contributed by atoms with E-state index < -0.39 is 6.09 Å². The molecule has 2 fully saturated rings. The number of rotatable bonds is 0. The van der Waals surface area contributed by atoms with Gasteiger partial charge in [-0.15, -0.1) is 0 Å². The van der Waals surface area contributed by atoms with Crippen LogP contribution in [0.3, 0.4) is 0 Å². The Kier molecular flexibility index (Phi) is 1.54. The molecule has 2 atom stereocenters. The van der Waals surface area contributed by atoms with E-state index in [1.807, 2.05) is 6.92 Å². The lowest BCUT2D eigenvalue weighted by Gasteiger charge is -2.18. The lowest BCUT2D eigenvalue weighted by molar-refractivity contribution is 0.128. The third-order valence-corrected chi connectivity index (χ3v) is 2.71. The van der Waals surface area contributed by atoms with Crippen molar-refractivity contribution in [2.24, 2.45) is 0 Å². The number of hydrogen-bond donors (Lipinski definition) is 1. The highest BCUT2D eigenvalue weighted by atomic mass is 16.6. The molecule has 2 saturated heterocycles. The molecule has 4 nitrogen and oxygen atoms in total. The first-order chi connectivity index (χ1) is 5.62. The van der Waals surface area contributed by atoms with Gasteiger partial charge in [0.05, 0.1) is 12.6 Å². The summed E-state index contributed by atoms with van der Waals surface area (Å²) in [4.78, 5) is 12.1. The molecule has 2 aliphatic heterocycles. The molecule has 2 aliphatic rings. The van der Waals surface area contributed by atoms with Crippen molar-refractivity contribution < 1.29 is 14.6 Å². The van der Waals surface area contributed by atoms with Crippen LogP contribution in [0.1, 0.15) is 19.8 Å². The Morgan fingerprint density at radius 1 is 1.75 bits per heavy atom. The molecule has 68 valence electrons. The van der Waals surface area contributed by atoms with Crippen LogP contribution in [0.25, 0.3) is 0 Å². The first kappa shape index (κ1) is 7.86. The maximum atomic E-state index is 10.7. The number of ether oxygens (including phenoxy) is 1. The van der Waals surface area contributed by atoms with Gasteiger partial charge < -0.3 is 14.7 Å². The smallest absolute Gasteiger partial charge is 0.407 e. The summed E-state index contributed by atoms with van der Waals surface area (Å²) < 4.78 is 5.42. The van der Waals surface area contributed by atoms with Crippen molar-refractivity contribution >= 4 is 6.09 Å². The predicted octanol–water partition coefficient (Wildman–Crippen LogP) is 0.918. The molecule has 0 radical (unpaired) electrons. The van der Waals surface area contributed by atoms with Crippen molar-refractivity contribution in [2.75, 3.05) is 13.1 Å². The van der Waals surface area contributed by atoms with Crippen LogP contribution in [0.4, 0.5) is 4.79 Å². The Bertz CT molecular complexity index is 218. The first-order valence-electron chi connectivity index (χ1n) is 4.27. The van der Waals surface area contributed by atoms with Gasteiger partial charge in [0.1, 0.15) is 5.60 Å². The molecular formula is C8H13NO3. The average Bonchev–Trinajstić information content (AvgIpc) is 2.59. The van der Waals surface area contributed by atoms with Crippen LogP contribution in [0.5, 0.6) is 0 Å². The molecule has 4 heteroatoms. The Labute approximate surface area is 71.1 Å². The molecule has 0 aromatic carbocycles. The second-order valence-electron chi connectivity index (χ2n) is 3.77. The first-order valence-corrected chi connectivity index (χ1v) is 4.27. The number of likely N-dealkylation sites (tertiary alicyclic amines) is 1. The molecule has 12 heavy (non-hydrogen) atoms. The third-order valence-electron chi connectivity index (χ3n) is 2.71. The van der Waals surface area contributed by atoms with Crippen LogP contribution in [0.2, 0.25) is 0 Å². The van der Waals surface area contributed by atoms with Gasteiger partial charge in [0, 0.05) is 6.54 Å². The Morgan fingerprint density at radius 3 is 3.17 bits per heavy atom. The molecule has 0 aromatic heterocycles. The fourth-order valence-corrected chi connectivity index (χ4v) is 1.88. The van der Waals surface area contributed by atoms with Crippen LogP contribution in [-0.4, -0.2) is 40.9 Å². The number of hydrogen-bond acceptors (Lipinski definition) is 2. The summed E-state index contributed by atoms with van der Waals surface area (Å²) in [6, 6.07) is 0. The summed E-state index contributed by atoms with van der Waals surface area (Å²) in [7, 11) is 0. The molecule has 1 amide bonds. The van der Waals surface area contributed by atoms with E-state index >= 15 is 0 Å². The van der Waals surface area contributed by atoms with E-state index in [0.29, 0.717) is 19.2 Å². The van der Waals surface area contributed by atoms with Crippen molar-refractivity contribution in [3.63, 3.8) is 0 Å². The predicted molar refractivity (Wildman–Crippen MR) is 42.1 cm³/mol. The molecule has 1 N–H and O–H groups in total. The van der Waals surface area contributed by atoms with E-state index in [1.165, 1.54) is 4.90 Å². The average molecular weight is 171 g/mol. The van der Waals surface area contributed by atoms with Gasteiger partial charge in [-0.3, -0.25) is 0 Å². The van der Waals surface area contributed by atoms with Gasteiger partial charge in [0.2, 0.25) is 0 Å². The van der Waals surface area contributed by atoms with Crippen LogP contribution in [-0.2, 0) is 4.74 Å². The largest absolute Gasteiger partial charge is 0.465 e. The summed E-state index contributed by atoms with van der Waals surface area (Å²) in [6.07, 6.45) is 1.40. The lowest BCUT2D eigenvalue weighted by atomic mass is 10.1. The minimum Gasteiger partial charge on any atom is -0.465 e. The molecule has 0 bridgehead atoms. The molecule has 0 aromatic rings. The fourth-order valence-electron chi connectivity index (χ4n) is 1.88. The highest BCUT2D eigenvalue weighted by Gasteiger charge is 2.54. The highest BCUT2D eigenvalue weighted by Crippen LogP contribution is 2.41. The zero-order valence-electron chi connectivity index (χ0n) is 7.12. The van der Waals surface area contributed by atoms with Gasteiger partial charge in [-0.1, -0.05) is 0 Å². The van der Waals surface area contributed by atoms with Crippen molar-refractivity contribution in [2.45, 2.75) is 31.5 Å². The fraction of sp³-hybridized carbons (Fsp3) is 0.875. The zero-order valence-corrected chi connectivity index (χ0v) is 7.12. The minimum atomic E-state index is -0.827. The number of epoxide rings is 1. The van der Waals surface area contributed by atoms with Crippen LogP contribution in [0, 0.1) is 0 Å². The monoisotopic (exact) mass is 171 g/mol. The van der Waals surface area contributed by atoms with Gasteiger partial charge in [0.25, 0.3) is 0 Å². The maximum absolute atomic E-state index is 10.7. The summed E-state index contributed by atoms with van der Waals surface area (Å²) in [6.45, 7) is 3.18. The van der Waals surface area contributed by atoms with E-state index in [9.17, 15) is 4.79 Å². The maximum Gasteiger partial charge on any atom is 0.407 e. The Morgan fingerprint density at radius 2 is 2.50 bits per heavy atom. The molecule has 2 rings (SSSR count).